The van der Waals surface area contributed by atoms with Gasteiger partial charge in [-0.15, -0.1) is 0 Å². The minimum Gasteiger partial charge on any atom is -0.444 e. The van der Waals surface area contributed by atoms with E-state index in [0.717, 1.165) is 0 Å². The van der Waals surface area contributed by atoms with Gasteiger partial charge in [-0.1, -0.05) is 6.92 Å². The van der Waals surface area contributed by atoms with Crippen LogP contribution in [0.4, 0.5) is 0 Å². The number of hydrogen-bond donors (Lipinski definition) is 2. The molecule has 1 rings (SSSR count). The maximum atomic E-state index is 11.5. The Labute approximate surface area is 94.7 Å². The topological polar surface area (TPSA) is 92.4 Å². The van der Waals surface area contributed by atoms with Crippen LogP contribution >= 0.6 is 0 Å². The van der Waals surface area contributed by atoms with Crippen LogP contribution in [0.15, 0.2) is 10.6 Å². The fraction of sp³-hybridized carbons (Fsp3) is 0.667. The van der Waals surface area contributed by atoms with Gasteiger partial charge < -0.3 is 9.52 Å². The van der Waals surface area contributed by atoms with E-state index in [0.29, 0.717) is 18.1 Å². The van der Waals surface area contributed by atoms with E-state index in [9.17, 15) is 8.42 Å². The first-order chi connectivity index (χ1) is 7.49. The Morgan fingerprint density at radius 2 is 2.31 bits per heavy atom. The van der Waals surface area contributed by atoms with Crippen molar-refractivity contribution in [2.24, 2.45) is 0 Å². The van der Waals surface area contributed by atoms with E-state index in [-0.39, 0.29) is 6.54 Å². The number of nitrogens with one attached hydrogen (secondary N) is 1. The molecule has 7 heteroatoms. The number of sulfonamides is 1. The fourth-order valence-corrected chi connectivity index (χ4v) is 1.80. The number of aliphatic hydroxyl groups excluding tert-OH is 1. The number of nitrogens with zero attached hydrogens (tertiary/aromatic N) is 1. The summed E-state index contributed by atoms with van der Waals surface area (Å²) < 4.78 is 30.5. The molecular weight excluding hydrogens is 232 g/mol. The van der Waals surface area contributed by atoms with E-state index in [1.807, 2.05) is 6.92 Å². The summed E-state index contributed by atoms with van der Waals surface area (Å²) in [5.74, 6) is 1.04. The summed E-state index contributed by atoms with van der Waals surface area (Å²) in [7, 11) is -3.51. The number of rotatable bonds is 6. The zero-order valence-electron chi connectivity index (χ0n) is 9.30. The van der Waals surface area contributed by atoms with Gasteiger partial charge in [0.1, 0.15) is 5.76 Å². The minimum absolute atomic E-state index is 0.00662. The van der Waals surface area contributed by atoms with Crippen LogP contribution in [0.1, 0.15) is 25.5 Å². The molecule has 1 aromatic heterocycles. The second-order valence-corrected chi connectivity index (χ2v) is 5.62. The number of aryl methyl sites for hydroxylation is 1. The molecule has 0 aromatic carbocycles. The van der Waals surface area contributed by atoms with Gasteiger partial charge in [-0.3, -0.25) is 0 Å². The highest BCUT2D eigenvalue weighted by Crippen LogP contribution is 2.05. The summed E-state index contributed by atoms with van der Waals surface area (Å²) >= 11 is 0. The lowest BCUT2D eigenvalue weighted by molar-refractivity contribution is 0.294. The second kappa shape index (κ2) is 5.42. The molecule has 0 bridgehead atoms. The predicted octanol–water partition coefficient (Wildman–Crippen LogP) is 0.0372. The molecule has 0 amide bonds. The van der Waals surface area contributed by atoms with Crippen molar-refractivity contribution in [2.45, 2.75) is 32.1 Å². The molecular formula is C9H16N2O4S. The van der Waals surface area contributed by atoms with Crippen LogP contribution < -0.4 is 4.72 Å². The average Bonchev–Trinajstić information content (AvgIpc) is 2.73. The molecule has 1 heterocycles. The Balaban J connectivity index is 2.57. The first-order valence-electron chi connectivity index (χ1n) is 5.02. The van der Waals surface area contributed by atoms with Crippen LogP contribution in [-0.2, 0) is 23.0 Å². The van der Waals surface area contributed by atoms with E-state index in [1.54, 1.807) is 6.20 Å². The van der Waals surface area contributed by atoms with Gasteiger partial charge in [0.25, 0.3) is 0 Å². The highest BCUT2D eigenvalue weighted by atomic mass is 32.2. The molecule has 0 aliphatic heterocycles. The Hall–Kier alpha value is -0.920. The van der Waals surface area contributed by atoms with Crippen LogP contribution in [0.5, 0.6) is 0 Å². The SMILES string of the molecule is CCc1cnc(CNS(=O)(=O)C(C)CO)o1. The van der Waals surface area contributed by atoms with Gasteiger partial charge in [0, 0.05) is 6.42 Å². The Morgan fingerprint density at radius 1 is 1.62 bits per heavy atom. The van der Waals surface area contributed by atoms with Crippen molar-refractivity contribution in [3.63, 3.8) is 0 Å². The summed E-state index contributed by atoms with van der Waals surface area (Å²) in [5, 5.41) is 7.91. The van der Waals surface area contributed by atoms with Crippen LogP contribution in [0, 0.1) is 0 Å². The van der Waals surface area contributed by atoms with Crippen LogP contribution in [-0.4, -0.2) is 30.4 Å². The molecule has 0 spiro atoms. The highest BCUT2D eigenvalue weighted by molar-refractivity contribution is 7.90. The highest BCUT2D eigenvalue weighted by Gasteiger charge is 2.19. The monoisotopic (exact) mass is 248 g/mol. The summed E-state index contributed by atoms with van der Waals surface area (Å²) in [6.07, 6.45) is 2.28. The zero-order chi connectivity index (χ0) is 12.2. The molecule has 0 aliphatic rings. The van der Waals surface area contributed by atoms with Gasteiger partial charge in [0.05, 0.1) is 24.6 Å². The first kappa shape index (κ1) is 13.1. The van der Waals surface area contributed by atoms with E-state index in [2.05, 4.69) is 9.71 Å². The Bertz CT molecular complexity index is 426. The molecule has 2 N–H and O–H groups in total. The van der Waals surface area contributed by atoms with Gasteiger partial charge >= 0.3 is 0 Å². The Kier molecular flexibility index (Phi) is 4.45. The van der Waals surface area contributed by atoms with Crippen molar-refractivity contribution in [1.82, 2.24) is 9.71 Å². The maximum absolute atomic E-state index is 11.5. The largest absolute Gasteiger partial charge is 0.444 e. The predicted molar refractivity (Wildman–Crippen MR) is 58.2 cm³/mol. The third-order valence-corrected chi connectivity index (χ3v) is 3.92. The normalized spacial score (nSPS) is 13.9. The summed E-state index contributed by atoms with van der Waals surface area (Å²) in [6, 6.07) is 0. The lowest BCUT2D eigenvalue weighted by Gasteiger charge is -2.09. The van der Waals surface area contributed by atoms with E-state index in [1.165, 1.54) is 6.92 Å². The molecule has 1 atom stereocenters. The van der Waals surface area contributed by atoms with E-state index >= 15 is 0 Å². The first-order valence-corrected chi connectivity index (χ1v) is 6.57. The summed E-state index contributed by atoms with van der Waals surface area (Å²) in [5.41, 5.74) is 0. The number of aliphatic hydroxyl groups is 1. The molecule has 0 saturated carbocycles. The molecule has 1 aromatic rings. The van der Waals surface area contributed by atoms with E-state index < -0.39 is 21.9 Å². The van der Waals surface area contributed by atoms with Gasteiger partial charge in [0.2, 0.25) is 15.9 Å². The van der Waals surface area contributed by atoms with Gasteiger partial charge in [-0.05, 0) is 6.92 Å². The van der Waals surface area contributed by atoms with E-state index in [4.69, 9.17) is 9.52 Å². The average molecular weight is 248 g/mol. The molecule has 0 fully saturated rings. The second-order valence-electron chi connectivity index (χ2n) is 3.43. The van der Waals surface area contributed by atoms with Crippen molar-refractivity contribution in [3.05, 3.63) is 17.8 Å². The number of aromatic nitrogens is 1. The lowest BCUT2D eigenvalue weighted by Crippen LogP contribution is -2.34. The van der Waals surface area contributed by atoms with Gasteiger partial charge in [0.15, 0.2) is 0 Å². The molecule has 0 saturated heterocycles. The van der Waals surface area contributed by atoms with Crippen molar-refractivity contribution < 1.29 is 17.9 Å². The number of oxazole rings is 1. The molecule has 6 nitrogen and oxygen atoms in total. The fourth-order valence-electron chi connectivity index (χ4n) is 0.996. The molecule has 16 heavy (non-hydrogen) atoms. The van der Waals surface area contributed by atoms with Gasteiger partial charge in [-0.2, -0.15) is 0 Å². The lowest BCUT2D eigenvalue weighted by atomic mass is 10.4. The molecule has 0 radical (unpaired) electrons. The number of hydrogen-bond acceptors (Lipinski definition) is 5. The quantitative estimate of drug-likeness (QED) is 0.741. The molecule has 0 aliphatic carbocycles. The summed E-state index contributed by atoms with van der Waals surface area (Å²) in [4.78, 5) is 3.92. The van der Waals surface area contributed by atoms with Crippen LogP contribution in [0.3, 0.4) is 0 Å². The maximum Gasteiger partial charge on any atom is 0.216 e. The molecule has 1 unspecified atom stereocenters. The standard InChI is InChI=1S/C9H16N2O4S/c1-3-8-4-10-9(15-8)5-11-16(13,14)7(2)6-12/h4,7,11-12H,3,5-6H2,1-2H3. The van der Waals surface area contributed by atoms with Crippen LogP contribution in [0.2, 0.25) is 0 Å². The van der Waals surface area contributed by atoms with Crippen molar-refractivity contribution in [1.29, 1.82) is 0 Å². The van der Waals surface area contributed by atoms with Crippen molar-refractivity contribution in [3.8, 4) is 0 Å². The third kappa shape index (κ3) is 3.29. The van der Waals surface area contributed by atoms with Gasteiger partial charge in [-0.25, -0.2) is 18.1 Å². The Morgan fingerprint density at radius 3 is 2.81 bits per heavy atom. The van der Waals surface area contributed by atoms with Crippen molar-refractivity contribution >= 4 is 10.0 Å². The smallest absolute Gasteiger partial charge is 0.216 e. The molecule has 92 valence electrons. The van der Waals surface area contributed by atoms with Crippen LogP contribution in [0.25, 0.3) is 0 Å². The minimum atomic E-state index is -3.51. The third-order valence-electron chi connectivity index (χ3n) is 2.16. The van der Waals surface area contributed by atoms with Crippen molar-refractivity contribution in [2.75, 3.05) is 6.61 Å². The summed E-state index contributed by atoms with van der Waals surface area (Å²) in [6.45, 7) is 2.94. The zero-order valence-corrected chi connectivity index (χ0v) is 10.1.